The first-order chi connectivity index (χ1) is 8.74. The van der Waals surface area contributed by atoms with E-state index >= 15 is 0 Å². The van der Waals surface area contributed by atoms with E-state index in [1.165, 1.54) is 12.8 Å². The van der Waals surface area contributed by atoms with Gasteiger partial charge >= 0.3 is 5.97 Å². The molecule has 1 fully saturated rings. The Labute approximate surface area is 107 Å². The number of carboxylic acid groups (broad SMARTS) is 1. The molecule has 5 heteroatoms. The molecule has 0 bridgehead atoms. The molecule has 2 rings (SSSR count). The number of imidazole rings is 1. The molecule has 0 aromatic carbocycles. The molecule has 1 N–H and O–H groups in total. The average Bonchev–Trinajstić information content (AvgIpc) is 2.87. The summed E-state index contributed by atoms with van der Waals surface area (Å²) < 4.78 is 2.08. The van der Waals surface area contributed by atoms with Crippen LogP contribution in [0.25, 0.3) is 0 Å². The van der Waals surface area contributed by atoms with Crippen molar-refractivity contribution in [1.29, 1.82) is 0 Å². The van der Waals surface area contributed by atoms with Crippen molar-refractivity contribution >= 4 is 5.97 Å². The van der Waals surface area contributed by atoms with Gasteiger partial charge in [0.2, 0.25) is 0 Å². The van der Waals surface area contributed by atoms with Gasteiger partial charge in [-0.1, -0.05) is 0 Å². The number of carbonyl (C=O) groups is 1. The number of aliphatic carboxylic acids is 1. The standard InChI is InChI=1S/C13H21N3O2/c17-13(18)4-3-12-2-1-6-15(10-12)8-9-16-7-5-14-11-16/h5,7,11-12H,1-4,6,8-10H2,(H,17,18). The van der Waals surface area contributed by atoms with Crippen LogP contribution in [0, 0.1) is 5.92 Å². The van der Waals surface area contributed by atoms with Crippen LogP contribution in [-0.4, -0.2) is 45.2 Å². The second kappa shape index (κ2) is 6.54. The summed E-state index contributed by atoms with van der Waals surface area (Å²) in [5.74, 6) is -0.122. The average molecular weight is 251 g/mol. The number of piperidine rings is 1. The molecule has 100 valence electrons. The van der Waals surface area contributed by atoms with Crippen LogP contribution in [-0.2, 0) is 11.3 Å². The number of nitrogens with zero attached hydrogens (tertiary/aromatic N) is 3. The van der Waals surface area contributed by atoms with Gasteiger partial charge in [0, 0.05) is 38.4 Å². The van der Waals surface area contributed by atoms with Gasteiger partial charge in [0.25, 0.3) is 0 Å². The molecule has 0 radical (unpaired) electrons. The number of carboxylic acids is 1. The van der Waals surface area contributed by atoms with Crippen LogP contribution >= 0.6 is 0 Å². The highest BCUT2D eigenvalue weighted by Crippen LogP contribution is 2.20. The quantitative estimate of drug-likeness (QED) is 0.831. The third kappa shape index (κ3) is 4.14. The number of hydrogen-bond donors (Lipinski definition) is 1. The maximum Gasteiger partial charge on any atom is 0.303 e. The molecule has 0 saturated carbocycles. The van der Waals surface area contributed by atoms with Crippen LogP contribution in [0.15, 0.2) is 18.7 Å². The highest BCUT2D eigenvalue weighted by molar-refractivity contribution is 5.66. The Balaban J connectivity index is 1.71. The Hall–Kier alpha value is -1.36. The maximum absolute atomic E-state index is 10.6. The summed E-state index contributed by atoms with van der Waals surface area (Å²) in [6, 6.07) is 0. The first-order valence-corrected chi connectivity index (χ1v) is 6.64. The first-order valence-electron chi connectivity index (χ1n) is 6.64. The molecular weight excluding hydrogens is 230 g/mol. The van der Waals surface area contributed by atoms with Crippen LogP contribution in [0.2, 0.25) is 0 Å². The molecule has 18 heavy (non-hydrogen) atoms. The van der Waals surface area contributed by atoms with Gasteiger partial charge in [-0.3, -0.25) is 4.79 Å². The van der Waals surface area contributed by atoms with Crippen LogP contribution < -0.4 is 0 Å². The van der Waals surface area contributed by atoms with Gasteiger partial charge in [0.1, 0.15) is 0 Å². The van der Waals surface area contributed by atoms with Crippen molar-refractivity contribution in [2.75, 3.05) is 19.6 Å². The molecule has 2 heterocycles. The van der Waals surface area contributed by atoms with E-state index in [0.29, 0.717) is 12.3 Å². The van der Waals surface area contributed by atoms with Crippen LogP contribution in [0.1, 0.15) is 25.7 Å². The molecular formula is C13H21N3O2. The molecule has 1 saturated heterocycles. The molecule has 1 aliphatic heterocycles. The van der Waals surface area contributed by atoms with Gasteiger partial charge in [-0.05, 0) is 31.7 Å². The zero-order valence-electron chi connectivity index (χ0n) is 10.7. The fourth-order valence-electron chi connectivity index (χ4n) is 2.59. The number of rotatable bonds is 6. The van der Waals surface area contributed by atoms with Crippen molar-refractivity contribution in [3.8, 4) is 0 Å². The summed E-state index contributed by atoms with van der Waals surface area (Å²) in [7, 11) is 0. The van der Waals surface area contributed by atoms with E-state index < -0.39 is 5.97 Å². The van der Waals surface area contributed by atoms with E-state index in [0.717, 1.165) is 32.6 Å². The molecule has 0 amide bonds. The van der Waals surface area contributed by atoms with Crippen LogP contribution in [0.4, 0.5) is 0 Å². The SMILES string of the molecule is O=C(O)CCC1CCCN(CCn2ccnc2)C1. The Kier molecular flexibility index (Phi) is 4.75. The van der Waals surface area contributed by atoms with E-state index in [9.17, 15) is 4.79 Å². The first kappa shape index (κ1) is 13.1. The number of likely N-dealkylation sites (tertiary alicyclic amines) is 1. The Morgan fingerprint density at radius 2 is 2.33 bits per heavy atom. The summed E-state index contributed by atoms with van der Waals surface area (Å²) in [5.41, 5.74) is 0. The topological polar surface area (TPSA) is 58.4 Å². The normalized spacial score (nSPS) is 21.0. The lowest BCUT2D eigenvalue weighted by Gasteiger charge is -2.32. The predicted octanol–water partition coefficient (Wildman–Crippen LogP) is 1.46. The molecule has 0 aliphatic carbocycles. The largest absolute Gasteiger partial charge is 0.481 e. The molecule has 1 aliphatic rings. The Bertz CT molecular complexity index is 364. The second-order valence-corrected chi connectivity index (χ2v) is 5.04. The van der Waals surface area contributed by atoms with E-state index in [2.05, 4.69) is 14.5 Å². The second-order valence-electron chi connectivity index (χ2n) is 5.04. The van der Waals surface area contributed by atoms with Gasteiger partial charge in [-0.25, -0.2) is 4.98 Å². The van der Waals surface area contributed by atoms with Crippen molar-refractivity contribution in [3.05, 3.63) is 18.7 Å². The van der Waals surface area contributed by atoms with Crippen molar-refractivity contribution in [2.45, 2.75) is 32.2 Å². The predicted molar refractivity (Wildman–Crippen MR) is 68.3 cm³/mol. The third-order valence-corrected chi connectivity index (χ3v) is 3.60. The molecule has 0 spiro atoms. The molecule has 5 nitrogen and oxygen atoms in total. The number of aromatic nitrogens is 2. The highest BCUT2D eigenvalue weighted by atomic mass is 16.4. The lowest BCUT2D eigenvalue weighted by Crippen LogP contribution is -2.37. The molecule has 1 aromatic heterocycles. The van der Waals surface area contributed by atoms with Crippen molar-refractivity contribution in [3.63, 3.8) is 0 Å². The third-order valence-electron chi connectivity index (χ3n) is 3.60. The smallest absolute Gasteiger partial charge is 0.303 e. The van der Waals surface area contributed by atoms with E-state index in [4.69, 9.17) is 5.11 Å². The molecule has 1 aromatic rings. The summed E-state index contributed by atoms with van der Waals surface area (Å²) in [6.45, 7) is 4.17. The van der Waals surface area contributed by atoms with Gasteiger partial charge in [-0.15, -0.1) is 0 Å². The zero-order chi connectivity index (χ0) is 12.8. The summed E-state index contributed by atoms with van der Waals surface area (Å²) in [6.07, 6.45) is 9.10. The van der Waals surface area contributed by atoms with Crippen molar-refractivity contribution < 1.29 is 9.90 Å². The monoisotopic (exact) mass is 251 g/mol. The molecule has 1 unspecified atom stereocenters. The minimum atomic E-state index is -0.675. The number of hydrogen-bond acceptors (Lipinski definition) is 3. The zero-order valence-corrected chi connectivity index (χ0v) is 10.7. The van der Waals surface area contributed by atoms with Crippen molar-refractivity contribution in [2.24, 2.45) is 5.92 Å². The molecule has 1 atom stereocenters. The Morgan fingerprint density at radius 1 is 1.44 bits per heavy atom. The van der Waals surface area contributed by atoms with E-state index in [-0.39, 0.29) is 0 Å². The Morgan fingerprint density at radius 3 is 3.06 bits per heavy atom. The lowest BCUT2D eigenvalue weighted by atomic mass is 9.93. The van der Waals surface area contributed by atoms with Gasteiger partial charge in [0.15, 0.2) is 0 Å². The van der Waals surface area contributed by atoms with E-state index in [1.54, 1.807) is 6.20 Å². The maximum atomic E-state index is 10.6. The van der Waals surface area contributed by atoms with Crippen LogP contribution in [0.3, 0.4) is 0 Å². The summed E-state index contributed by atoms with van der Waals surface area (Å²) in [4.78, 5) is 17.1. The van der Waals surface area contributed by atoms with Gasteiger partial charge in [-0.2, -0.15) is 0 Å². The van der Waals surface area contributed by atoms with E-state index in [1.807, 2.05) is 12.5 Å². The minimum absolute atomic E-state index is 0.306. The van der Waals surface area contributed by atoms with Gasteiger partial charge < -0.3 is 14.6 Å². The highest BCUT2D eigenvalue weighted by Gasteiger charge is 2.20. The minimum Gasteiger partial charge on any atom is -0.481 e. The van der Waals surface area contributed by atoms with Crippen molar-refractivity contribution in [1.82, 2.24) is 14.5 Å². The lowest BCUT2D eigenvalue weighted by molar-refractivity contribution is -0.137. The fraction of sp³-hybridized carbons (Fsp3) is 0.692. The fourth-order valence-corrected chi connectivity index (χ4v) is 2.59. The summed E-state index contributed by atoms with van der Waals surface area (Å²) >= 11 is 0. The van der Waals surface area contributed by atoms with Gasteiger partial charge in [0.05, 0.1) is 6.33 Å². The summed E-state index contributed by atoms with van der Waals surface area (Å²) in [5, 5.41) is 8.71. The van der Waals surface area contributed by atoms with Crippen LogP contribution in [0.5, 0.6) is 0 Å².